The summed E-state index contributed by atoms with van der Waals surface area (Å²) in [6, 6.07) is 16.8. The van der Waals surface area contributed by atoms with Gasteiger partial charge in [0.1, 0.15) is 0 Å². The van der Waals surface area contributed by atoms with E-state index in [-0.39, 0.29) is 0 Å². The number of piperazine rings is 1. The lowest BCUT2D eigenvalue weighted by Gasteiger charge is -2.47. The van der Waals surface area contributed by atoms with Crippen molar-refractivity contribution < 1.29 is 0 Å². The molecule has 1 fully saturated rings. The molecule has 2 bridgehead atoms. The molecule has 0 unspecified atom stereocenters. The van der Waals surface area contributed by atoms with Crippen molar-refractivity contribution in [1.29, 1.82) is 0 Å². The van der Waals surface area contributed by atoms with Crippen LogP contribution in [0.4, 0.5) is 5.69 Å². The van der Waals surface area contributed by atoms with Gasteiger partial charge in [-0.15, -0.1) is 0 Å². The Hall–Kier alpha value is -1.80. The van der Waals surface area contributed by atoms with E-state index in [1.54, 1.807) is 0 Å². The van der Waals surface area contributed by atoms with Crippen LogP contribution in [-0.4, -0.2) is 37.1 Å². The van der Waals surface area contributed by atoms with Crippen LogP contribution in [0.5, 0.6) is 0 Å². The predicted octanol–water partition coefficient (Wildman–Crippen LogP) is 3.68. The number of hydrogen-bond donors (Lipinski definition) is 0. The van der Waals surface area contributed by atoms with Gasteiger partial charge in [0.2, 0.25) is 0 Å². The molecule has 5 rings (SSSR count). The molecular formula is C19H22N2. The molecule has 108 valence electrons. The minimum absolute atomic E-state index is 0.601. The molecule has 3 heterocycles. The lowest BCUT2D eigenvalue weighted by atomic mass is 9.97. The van der Waals surface area contributed by atoms with E-state index in [0.717, 1.165) is 13.0 Å². The molecule has 0 aromatic heterocycles. The van der Waals surface area contributed by atoms with Gasteiger partial charge in [-0.3, -0.25) is 4.90 Å². The zero-order chi connectivity index (χ0) is 14.2. The summed E-state index contributed by atoms with van der Waals surface area (Å²) in [6.07, 6.45) is 7.07. The Morgan fingerprint density at radius 1 is 0.857 bits per heavy atom. The minimum atomic E-state index is 0.601. The Morgan fingerprint density at radius 2 is 1.62 bits per heavy atom. The van der Waals surface area contributed by atoms with Crippen molar-refractivity contribution in [3.63, 3.8) is 0 Å². The fourth-order valence-electron chi connectivity index (χ4n) is 3.73. The summed E-state index contributed by atoms with van der Waals surface area (Å²) in [5.41, 5.74) is 1.38. The summed E-state index contributed by atoms with van der Waals surface area (Å²) in [5, 5.41) is 2.67. The first-order valence-electron chi connectivity index (χ1n) is 7.92. The van der Waals surface area contributed by atoms with Crippen LogP contribution in [0.25, 0.3) is 10.8 Å². The highest BCUT2D eigenvalue weighted by molar-refractivity contribution is 5.86. The van der Waals surface area contributed by atoms with Crippen LogP contribution < -0.4 is 4.90 Å². The van der Waals surface area contributed by atoms with Crippen molar-refractivity contribution in [3.8, 4) is 0 Å². The number of benzene rings is 2. The molecule has 3 aliphatic rings. The third kappa shape index (κ3) is 2.34. The molecule has 1 saturated heterocycles. The maximum atomic E-state index is 2.63. The Labute approximate surface area is 126 Å². The molecule has 2 heteroatoms. The molecule has 2 aromatic rings. The van der Waals surface area contributed by atoms with E-state index in [0.29, 0.717) is 12.1 Å². The molecular weight excluding hydrogens is 256 g/mol. The minimum Gasteiger partial charge on any atom is -0.365 e. The summed E-state index contributed by atoms with van der Waals surface area (Å²) in [7, 11) is 2.27. The van der Waals surface area contributed by atoms with E-state index in [1.807, 2.05) is 0 Å². The van der Waals surface area contributed by atoms with Crippen molar-refractivity contribution in [1.82, 2.24) is 4.90 Å². The van der Waals surface area contributed by atoms with E-state index in [4.69, 9.17) is 0 Å². The summed E-state index contributed by atoms with van der Waals surface area (Å²) in [5.74, 6) is 0. The number of nitrogens with zero attached hydrogens (tertiary/aromatic N) is 2. The second-order valence-electron chi connectivity index (χ2n) is 6.37. The summed E-state index contributed by atoms with van der Waals surface area (Å²) in [6.45, 7) is 2.31. The molecule has 2 aromatic carbocycles. The molecule has 3 aliphatic heterocycles. The fraction of sp³-hybridized carbons (Fsp3) is 0.368. The smallest absolute Gasteiger partial charge is 0.0452 e. The molecule has 0 radical (unpaired) electrons. The Morgan fingerprint density at radius 3 is 2.48 bits per heavy atom. The first-order chi connectivity index (χ1) is 10.3. The van der Waals surface area contributed by atoms with Crippen molar-refractivity contribution in [2.24, 2.45) is 0 Å². The second kappa shape index (κ2) is 5.19. The zero-order valence-corrected chi connectivity index (χ0v) is 12.6. The van der Waals surface area contributed by atoms with Crippen LogP contribution in [-0.2, 0) is 0 Å². The zero-order valence-electron chi connectivity index (χ0n) is 12.6. The standard InChI is InChI=1S/C19H22N2/c1-20-13-19-9-5-4-8-18(20)14-21(19)17-11-10-15-6-2-3-7-16(15)12-17/h2-7,10-12,18-19H,8-9,13-14H2,1H3/t18-,19-/m1/s1. The maximum Gasteiger partial charge on any atom is 0.0452 e. The number of hydrogen-bond acceptors (Lipinski definition) is 2. The highest BCUT2D eigenvalue weighted by atomic mass is 15.3. The average molecular weight is 278 g/mol. The van der Waals surface area contributed by atoms with Gasteiger partial charge in [0.25, 0.3) is 0 Å². The monoisotopic (exact) mass is 278 g/mol. The van der Waals surface area contributed by atoms with Crippen LogP contribution in [0.2, 0.25) is 0 Å². The number of anilines is 1. The number of fused-ring (bicyclic) bond motifs is 5. The van der Waals surface area contributed by atoms with Crippen molar-refractivity contribution in [3.05, 3.63) is 54.6 Å². The third-order valence-corrected chi connectivity index (χ3v) is 5.02. The van der Waals surface area contributed by atoms with Gasteiger partial charge in [-0.25, -0.2) is 0 Å². The summed E-state index contributed by atoms with van der Waals surface area (Å²) < 4.78 is 0. The average Bonchev–Trinajstić information content (AvgIpc) is 2.49. The van der Waals surface area contributed by atoms with Crippen LogP contribution >= 0.6 is 0 Å². The van der Waals surface area contributed by atoms with Crippen LogP contribution in [0.1, 0.15) is 12.8 Å². The SMILES string of the molecule is CN1C[C@H]2CC=CC[C@@H]1CN2c1ccc2ccccc2c1. The molecule has 0 amide bonds. The van der Waals surface area contributed by atoms with Crippen molar-refractivity contribution in [2.45, 2.75) is 24.9 Å². The van der Waals surface area contributed by atoms with Gasteiger partial charge in [0.05, 0.1) is 0 Å². The molecule has 2 nitrogen and oxygen atoms in total. The highest BCUT2D eigenvalue weighted by Crippen LogP contribution is 2.30. The Bertz CT molecular complexity index is 676. The lowest BCUT2D eigenvalue weighted by Crippen LogP contribution is -2.57. The third-order valence-electron chi connectivity index (χ3n) is 5.02. The molecule has 0 spiro atoms. The van der Waals surface area contributed by atoms with E-state index < -0.39 is 0 Å². The van der Waals surface area contributed by atoms with E-state index >= 15 is 0 Å². The van der Waals surface area contributed by atoms with Gasteiger partial charge in [-0.05, 0) is 42.8 Å². The van der Waals surface area contributed by atoms with Crippen LogP contribution in [0, 0.1) is 0 Å². The molecule has 0 N–H and O–H groups in total. The number of likely N-dealkylation sites (N-methyl/N-ethyl adjacent to an activating group) is 1. The van der Waals surface area contributed by atoms with Crippen molar-refractivity contribution >= 4 is 16.5 Å². The molecule has 21 heavy (non-hydrogen) atoms. The highest BCUT2D eigenvalue weighted by Gasteiger charge is 2.31. The first-order valence-corrected chi connectivity index (χ1v) is 7.92. The van der Waals surface area contributed by atoms with Gasteiger partial charge < -0.3 is 4.90 Å². The number of rotatable bonds is 1. The van der Waals surface area contributed by atoms with E-state index in [1.165, 1.54) is 29.4 Å². The quantitative estimate of drug-likeness (QED) is 0.734. The normalized spacial score (nSPS) is 26.0. The topological polar surface area (TPSA) is 6.48 Å². The first kappa shape index (κ1) is 12.9. The van der Waals surface area contributed by atoms with Gasteiger partial charge in [0, 0.05) is 30.9 Å². The fourth-order valence-corrected chi connectivity index (χ4v) is 3.73. The molecule has 0 saturated carbocycles. The lowest BCUT2D eigenvalue weighted by molar-refractivity contribution is 0.184. The Kier molecular flexibility index (Phi) is 3.19. The van der Waals surface area contributed by atoms with Gasteiger partial charge in [0.15, 0.2) is 0 Å². The Balaban J connectivity index is 1.72. The predicted molar refractivity (Wildman–Crippen MR) is 89.9 cm³/mol. The van der Waals surface area contributed by atoms with Gasteiger partial charge in [-0.2, -0.15) is 0 Å². The van der Waals surface area contributed by atoms with E-state index in [2.05, 4.69) is 71.5 Å². The molecule has 0 aliphatic carbocycles. The van der Waals surface area contributed by atoms with Gasteiger partial charge >= 0.3 is 0 Å². The van der Waals surface area contributed by atoms with Crippen LogP contribution in [0.15, 0.2) is 54.6 Å². The van der Waals surface area contributed by atoms with Crippen LogP contribution in [0.3, 0.4) is 0 Å². The molecule has 2 atom stereocenters. The largest absolute Gasteiger partial charge is 0.365 e. The summed E-state index contributed by atoms with van der Waals surface area (Å²) in [4.78, 5) is 5.16. The van der Waals surface area contributed by atoms with Gasteiger partial charge in [-0.1, -0.05) is 42.5 Å². The van der Waals surface area contributed by atoms with Crippen molar-refractivity contribution in [2.75, 3.05) is 25.0 Å². The van der Waals surface area contributed by atoms with E-state index in [9.17, 15) is 0 Å². The maximum absolute atomic E-state index is 2.63. The second-order valence-corrected chi connectivity index (χ2v) is 6.37. The summed E-state index contributed by atoms with van der Waals surface area (Å²) >= 11 is 0.